The standard InChI is InChI=1S/C27H49N3O2Si/c1-19-21-15-17-30(16-13-11-12-14-18-32-33(9,10)27(6,7)8)24(21)23(20(2)22(19)28)29-25(31)26(3,4)5/h11-18,28H2,1-10H3,(H,29,31). The third-order valence-corrected chi connectivity index (χ3v) is 12.2. The van der Waals surface area contributed by atoms with Crippen LogP contribution in [0.4, 0.5) is 17.1 Å². The van der Waals surface area contributed by atoms with E-state index in [4.69, 9.17) is 10.2 Å². The summed E-state index contributed by atoms with van der Waals surface area (Å²) < 4.78 is 6.31. The van der Waals surface area contributed by atoms with Gasteiger partial charge in [0.15, 0.2) is 8.32 Å². The number of anilines is 3. The Morgan fingerprint density at radius 1 is 1.03 bits per heavy atom. The highest BCUT2D eigenvalue weighted by molar-refractivity contribution is 6.74. The first-order chi connectivity index (χ1) is 15.1. The molecule has 1 aromatic carbocycles. The number of fused-ring (bicyclic) bond motifs is 1. The molecule has 1 heterocycles. The minimum atomic E-state index is -1.64. The van der Waals surface area contributed by atoms with Crippen LogP contribution in [0.15, 0.2) is 0 Å². The van der Waals surface area contributed by atoms with Crippen LogP contribution in [-0.4, -0.2) is 33.9 Å². The minimum Gasteiger partial charge on any atom is -0.417 e. The van der Waals surface area contributed by atoms with Gasteiger partial charge in [-0.3, -0.25) is 4.79 Å². The average Bonchev–Trinajstić information content (AvgIpc) is 3.10. The number of nitrogens with zero attached hydrogens (tertiary/aromatic N) is 1. The lowest BCUT2D eigenvalue weighted by Gasteiger charge is -2.36. The van der Waals surface area contributed by atoms with E-state index in [-0.39, 0.29) is 10.9 Å². The largest absolute Gasteiger partial charge is 0.417 e. The molecule has 6 heteroatoms. The Kier molecular flexibility index (Phi) is 8.72. The fourth-order valence-corrected chi connectivity index (χ4v) is 5.17. The van der Waals surface area contributed by atoms with Crippen LogP contribution in [0, 0.1) is 19.3 Å². The predicted molar refractivity (Wildman–Crippen MR) is 146 cm³/mol. The molecule has 0 radical (unpaired) electrons. The molecular weight excluding hydrogens is 426 g/mol. The van der Waals surface area contributed by atoms with Gasteiger partial charge in [-0.2, -0.15) is 0 Å². The highest BCUT2D eigenvalue weighted by atomic mass is 28.4. The van der Waals surface area contributed by atoms with Gasteiger partial charge in [-0.25, -0.2) is 0 Å². The Balaban J connectivity index is 1.98. The monoisotopic (exact) mass is 475 g/mol. The summed E-state index contributed by atoms with van der Waals surface area (Å²) >= 11 is 0. The van der Waals surface area contributed by atoms with Gasteiger partial charge < -0.3 is 20.4 Å². The normalized spacial score (nSPS) is 14.5. The second-order valence-corrected chi connectivity index (χ2v) is 17.1. The maximum atomic E-state index is 12.8. The number of hydrogen-bond donors (Lipinski definition) is 2. The van der Waals surface area contributed by atoms with Crippen molar-refractivity contribution in [3.8, 4) is 0 Å². The first-order valence-corrected chi connectivity index (χ1v) is 15.6. The van der Waals surface area contributed by atoms with E-state index in [1.807, 2.05) is 27.7 Å². The van der Waals surface area contributed by atoms with Crippen molar-refractivity contribution in [1.29, 1.82) is 0 Å². The van der Waals surface area contributed by atoms with Gasteiger partial charge in [0.05, 0.1) is 11.4 Å². The van der Waals surface area contributed by atoms with E-state index in [9.17, 15) is 4.79 Å². The minimum absolute atomic E-state index is 0.0321. The maximum Gasteiger partial charge on any atom is 0.229 e. The fraction of sp³-hybridized carbons (Fsp3) is 0.741. The lowest BCUT2D eigenvalue weighted by atomic mass is 9.94. The summed E-state index contributed by atoms with van der Waals surface area (Å²) in [6.45, 7) is 24.4. The molecule has 0 saturated carbocycles. The van der Waals surface area contributed by atoms with E-state index in [0.29, 0.717) is 0 Å². The third kappa shape index (κ3) is 6.53. The van der Waals surface area contributed by atoms with E-state index in [1.54, 1.807) is 0 Å². The van der Waals surface area contributed by atoms with Crippen LogP contribution in [-0.2, 0) is 15.6 Å². The molecule has 188 valence electrons. The van der Waals surface area contributed by atoms with Crippen molar-refractivity contribution in [3.63, 3.8) is 0 Å². The second-order valence-electron chi connectivity index (χ2n) is 12.3. The van der Waals surface area contributed by atoms with Gasteiger partial charge in [-0.05, 0) is 67.9 Å². The maximum absolute atomic E-state index is 12.8. The summed E-state index contributed by atoms with van der Waals surface area (Å²) in [6, 6.07) is 0. The number of unbranched alkanes of at least 4 members (excludes halogenated alkanes) is 3. The van der Waals surface area contributed by atoms with Crippen molar-refractivity contribution < 1.29 is 9.22 Å². The molecule has 1 aliphatic rings. The van der Waals surface area contributed by atoms with Gasteiger partial charge in [0.1, 0.15) is 0 Å². The van der Waals surface area contributed by atoms with Gasteiger partial charge in [0.25, 0.3) is 0 Å². The van der Waals surface area contributed by atoms with E-state index >= 15 is 0 Å². The van der Waals surface area contributed by atoms with E-state index in [0.717, 1.165) is 55.9 Å². The number of rotatable bonds is 9. The van der Waals surface area contributed by atoms with Crippen LogP contribution in [0.2, 0.25) is 18.1 Å². The van der Waals surface area contributed by atoms with E-state index in [2.05, 4.69) is 51.0 Å². The third-order valence-electron chi connectivity index (χ3n) is 7.62. The van der Waals surface area contributed by atoms with Crippen molar-refractivity contribution in [1.82, 2.24) is 0 Å². The van der Waals surface area contributed by atoms with Crippen molar-refractivity contribution in [2.45, 2.75) is 106 Å². The molecule has 0 spiro atoms. The Hall–Kier alpha value is -1.53. The number of nitrogens with one attached hydrogen (secondary N) is 1. The van der Waals surface area contributed by atoms with Crippen LogP contribution >= 0.6 is 0 Å². The number of carbonyl (C=O) groups is 1. The van der Waals surface area contributed by atoms with Crippen molar-refractivity contribution >= 4 is 31.3 Å². The Morgan fingerprint density at radius 2 is 1.64 bits per heavy atom. The van der Waals surface area contributed by atoms with Gasteiger partial charge in [-0.1, -0.05) is 54.4 Å². The number of hydrogen-bond acceptors (Lipinski definition) is 4. The molecule has 0 saturated heterocycles. The summed E-state index contributed by atoms with van der Waals surface area (Å²) in [5.74, 6) is 0.0321. The summed E-state index contributed by atoms with van der Waals surface area (Å²) in [5, 5.41) is 3.49. The highest BCUT2D eigenvalue weighted by Crippen LogP contribution is 2.44. The van der Waals surface area contributed by atoms with Gasteiger partial charge in [-0.15, -0.1) is 0 Å². The van der Waals surface area contributed by atoms with Gasteiger partial charge in [0.2, 0.25) is 5.91 Å². The molecule has 0 bridgehead atoms. The van der Waals surface area contributed by atoms with Gasteiger partial charge >= 0.3 is 0 Å². The van der Waals surface area contributed by atoms with Crippen molar-refractivity contribution in [2.24, 2.45) is 5.41 Å². The molecule has 0 fully saturated rings. The second kappa shape index (κ2) is 10.4. The molecule has 33 heavy (non-hydrogen) atoms. The van der Waals surface area contributed by atoms with Crippen LogP contribution in [0.25, 0.3) is 0 Å². The van der Waals surface area contributed by atoms with Gasteiger partial charge in [0, 0.05) is 30.8 Å². The first kappa shape index (κ1) is 27.7. The molecular formula is C27H49N3O2Si. The quantitative estimate of drug-likeness (QED) is 0.234. The lowest BCUT2D eigenvalue weighted by molar-refractivity contribution is -0.123. The van der Waals surface area contributed by atoms with Crippen LogP contribution in [0.1, 0.15) is 83.9 Å². The number of benzene rings is 1. The number of amides is 1. The summed E-state index contributed by atoms with van der Waals surface area (Å²) in [4.78, 5) is 15.3. The smallest absolute Gasteiger partial charge is 0.229 e. The lowest BCUT2D eigenvalue weighted by Crippen LogP contribution is -2.40. The van der Waals surface area contributed by atoms with Crippen LogP contribution < -0.4 is 16.0 Å². The molecule has 0 atom stereocenters. The average molecular weight is 476 g/mol. The summed E-state index contributed by atoms with van der Waals surface area (Å²) in [6.07, 6.45) is 5.66. The van der Waals surface area contributed by atoms with E-state index < -0.39 is 13.7 Å². The molecule has 3 N–H and O–H groups in total. The fourth-order valence-electron chi connectivity index (χ4n) is 4.08. The molecule has 1 aromatic rings. The molecule has 5 nitrogen and oxygen atoms in total. The Bertz CT molecular complexity index is 851. The highest BCUT2D eigenvalue weighted by Gasteiger charge is 2.36. The summed E-state index contributed by atoms with van der Waals surface area (Å²) in [5.41, 5.74) is 12.3. The zero-order chi connectivity index (χ0) is 25.2. The molecule has 0 unspecified atom stereocenters. The molecule has 1 amide bonds. The van der Waals surface area contributed by atoms with Crippen molar-refractivity contribution in [3.05, 3.63) is 16.7 Å². The van der Waals surface area contributed by atoms with Crippen molar-refractivity contribution in [2.75, 3.05) is 35.6 Å². The Morgan fingerprint density at radius 3 is 2.21 bits per heavy atom. The summed E-state index contributed by atoms with van der Waals surface area (Å²) in [7, 11) is -1.64. The predicted octanol–water partition coefficient (Wildman–Crippen LogP) is 6.81. The number of nitrogen functional groups attached to an aromatic ring is 1. The van der Waals surface area contributed by atoms with Crippen LogP contribution in [0.3, 0.4) is 0 Å². The number of carbonyl (C=O) groups excluding carboxylic acids is 1. The van der Waals surface area contributed by atoms with Crippen LogP contribution in [0.5, 0.6) is 0 Å². The molecule has 1 aliphatic heterocycles. The molecule has 0 aliphatic carbocycles. The topological polar surface area (TPSA) is 67.6 Å². The molecule has 0 aromatic heterocycles. The Labute approximate surface area is 204 Å². The first-order valence-electron chi connectivity index (χ1n) is 12.7. The van der Waals surface area contributed by atoms with E-state index in [1.165, 1.54) is 29.7 Å². The zero-order valence-electron chi connectivity index (χ0n) is 23.0. The molecule has 2 rings (SSSR count). The SMILES string of the molecule is Cc1c(N)c(C)c(NC(=O)C(C)(C)C)c2c1CCN2CCCCCCO[Si](C)(C)C(C)(C)C. The number of nitrogens with two attached hydrogens (primary N) is 1. The zero-order valence-corrected chi connectivity index (χ0v) is 24.0.